The molecule has 4 heterocycles. The number of hydrogen-bond donors (Lipinski definition) is 0. The number of hydrogen-bond acceptors (Lipinski definition) is 4. The van der Waals surface area contributed by atoms with Gasteiger partial charge in [0.2, 0.25) is 0 Å². The van der Waals surface area contributed by atoms with Crippen LogP contribution in [0.15, 0.2) is 144 Å². The normalized spacial score (nSPS) is 11.0. The molecule has 9 rings (SSSR count). The van der Waals surface area contributed by atoms with Crippen molar-refractivity contribution < 1.29 is 24.5 Å². The molecule has 0 aliphatic rings. The molecular formula is C40H26IrN4O-2. The zero-order chi connectivity index (χ0) is 30.2. The third kappa shape index (κ3) is 5.28. The fourth-order valence-corrected chi connectivity index (χ4v) is 5.78. The van der Waals surface area contributed by atoms with Gasteiger partial charge in [0.25, 0.3) is 0 Å². The standard InChI is InChI=1S/C29H18N3O.C11H8N.Ir/c1-18-15-16-22(27-26(18)21-12-6-8-14-25(21)33-27)29-31-28-24(32(29)20-10-3-2-4-11-20)17-19-9-5-7-13-23(19)30-28;1-2-6-10(7-3-1)11-8-4-5-9-12-11;/h2-15,17H,1H3;1-6,8-9H;/q2*-1;. The summed E-state index contributed by atoms with van der Waals surface area (Å²) in [7, 11) is 0. The van der Waals surface area contributed by atoms with Crippen LogP contribution < -0.4 is 0 Å². The van der Waals surface area contributed by atoms with E-state index in [2.05, 4.69) is 58.9 Å². The average Bonchev–Trinajstić information content (AvgIpc) is 3.68. The van der Waals surface area contributed by atoms with Crippen molar-refractivity contribution in [1.29, 1.82) is 0 Å². The summed E-state index contributed by atoms with van der Waals surface area (Å²) in [6, 6.07) is 51.0. The molecule has 0 N–H and O–H groups in total. The number of imidazole rings is 1. The van der Waals surface area contributed by atoms with Crippen LogP contribution >= 0.6 is 0 Å². The zero-order valence-corrected chi connectivity index (χ0v) is 27.2. The van der Waals surface area contributed by atoms with Crippen LogP contribution in [0.4, 0.5) is 0 Å². The number of benzene rings is 5. The van der Waals surface area contributed by atoms with Crippen LogP contribution in [0, 0.1) is 19.1 Å². The fraction of sp³-hybridized carbons (Fsp3) is 0.0250. The van der Waals surface area contributed by atoms with Gasteiger partial charge in [-0.25, -0.2) is 4.98 Å². The maximum Gasteiger partial charge on any atom is 0.168 e. The van der Waals surface area contributed by atoms with E-state index >= 15 is 0 Å². The molecule has 0 aliphatic heterocycles. The fourth-order valence-electron chi connectivity index (χ4n) is 5.78. The number of nitrogens with zero attached hydrogens (tertiary/aromatic N) is 4. The molecule has 5 aromatic carbocycles. The number of aromatic nitrogens is 4. The molecule has 0 spiro atoms. The van der Waals surface area contributed by atoms with Crippen LogP contribution in [0.5, 0.6) is 0 Å². The van der Waals surface area contributed by atoms with Gasteiger partial charge in [-0.3, -0.25) is 4.98 Å². The molecule has 4 aromatic heterocycles. The van der Waals surface area contributed by atoms with Crippen LogP contribution in [0.25, 0.3) is 72.3 Å². The van der Waals surface area contributed by atoms with Gasteiger partial charge < -0.3 is 14.0 Å². The van der Waals surface area contributed by atoms with E-state index in [1.54, 1.807) is 6.20 Å². The predicted octanol–water partition coefficient (Wildman–Crippen LogP) is 9.79. The Hall–Kier alpha value is -5.42. The number of para-hydroxylation sites is 3. The molecule has 0 atom stereocenters. The van der Waals surface area contributed by atoms with Crippen molar-refractivity contribution in [3.05, 3.63) is 157 Å². The maximum atomic E-state index is 6.38. The maximum absolute atomic E-state index is 6.38. The number of aryl methyl sites for hydroxylation is 1. The summed E-state index contributed by atoms with van der Waals surface area (Å²) in [5, 5.41) is 3.28. The van der Waals surface area contributed by atoms with E-state index in [0.717, 1.165) is 72.3 Å². The van der Waals surface area contributed by atoms with Crippen molar-refractivity contribution >= 4 is 44.0 Å². The van der Waals surface area contributed by atoms with Crippen molar-refractivity contribution in [2.75, 3.05) is 0 Å². The monoisotopic (exact) mass is 771 g/mol. The first-order valence-corrected chi connectivity index (χ1v) is 14.8. The summed E-state index contributed by atoms with van der Waals surface area (Å²) in [4.78, 5) is 14.1. The van der Waals surface area contributed by atoms with Gasteiger partial charge >= 0.3 is 0 Å². The first-order chi connectivity index (χ1) is 22.2. The minimum Gasteiger partial charge on any atom is -0.501 e. The predicted molar refractivity (Wildman–Crippen MR) is 181 cm³/mol. The summed E-state index contributed by atoms with van der Waals surface area (Å²) >= 11 is 0. The Morgan fingerprint density at radius 2 is 1.52 bits per heavy atom. The van der Waals surface area contributed by atoms with Crippen molar-refractivity contribution in [1.82, 2.24) is 19.5 Å². The molecule has 0 saturated carbocycles. The minimum absolute atomic E-state index is 0. The van der Waals surface area contributed by atoms with Gasteiger partial charge in [-0.1, -0.05) is 84.6 Å². The zero-order valence-electron chi connectivity index (χ0n) is 24.8. The third-order valence-electron chi connectivity index (χ3n) is 7.89. The van der Waals surface area contributed by atoms with Gasteiger partial charge in [-0.05, 0) is 42.1 Å². The molecule has 0 bridgehead atoms. The molecule has 5 nitrogen and oxygen atoms in total. The van der Waals surface area contributed by atoms with E-state index in [4.69, 9.17) is 14.4 Å². The smallest absolute Gasteiger partial charge is 0.168 e. The van der Waals surface area contributed by atoms with Crippen LogP contribution in [0.2, 0.25) is 0 Å². The van der Waals surface area contributed by atoms with E-state index in [9.17, 15) is 0 Å². The second-order valence-corrected chi connectivity index (χ2v) is 10.8. The number of furan rings is 1. The summed E-state index contributed by atoms with van der Waals surface area (Å²) in [5.41, 5.74) is 9.23. The molecule has 9 aromatic rings. The Balaban J connectivity index is 0.000000220. The van der Waals surface area contributed by atoms with Gasteiger partial charge in [-0.2, -0.15) is 0 Å². The summed E-state index contributed by atoms with van der Waals surface area (Å²) < 4.78 is 8.53. The van der Waals surface area contributed by atoms with Gasteiger partial charge in [0.1, 0.15) is 5.58 Å². The number of pyridine rings is 2. The Morgan fingerprint density at radius 1 is 0.739 bits per heavy atom. The average molecular weight is 771 g/mol. The van der Waals surface area contributed by atoms with Crippen molar-refractivity contribution in [3.63, 3.8) is 0 Å². The summed E-state index contributed by atoms with van der Waals surface area (Å²) in [5.74, 6) is 0.767. The van der Waals surface area contributed by atoms with Gasteiger partial charge in [-0.15, -0.1) is 53.6 Å². The Labute approximate surface area is 279 Å². The van der Waals surface area contributed by atoms with Crippen molar-refractivity contribution in [3.8, 4) is 28.3 Å². The Morgan fingerprint density at radius 3 is 2.35 bits per heavy atom. The molecule has 6 heteroatoms. The van der Waals surface area contributed by atoms with Crippen LogP contribution in [-0.4, -0.2) is 19.5 Å². The first kappa shape index (κ1) is 29.3. The Kier molecular flexibility index (Phi) is 7.98. The van der Waals surface area contributed by atoms with E-state index < -0.39 is 0 Å². The van der Waals surface area contributed by atoms with Crippen LogP contribution in [0.1, 0.15) is 5.56 Å². The summed E-state index contributed by atoms with van der Waals surface area (Å²) in [6.07, 6.45) is 1.79. The van der Waals surface area contributed by atoms with E-state index in [-0.39, 0.29) is 20.1 Å². The van der Waals surface area contributed by atoms with E-state index in [1.807, 2.05) is 103 Å². The SMILES string of the molecule is Cc1c[c-]c(-c2nc3nc4ccccc4cc3n2-c2ccccc2)c2oc3ccccc3c12.[Ir].[c-]1ccccc1-c1ccccn1. The second-order valence-electron chi connectivity index (χ2n) is 10.8. The van der Waals surface area contributed by atoms with Crippen molar-refractivity contribution in [2.45, 2.75) is 6.92 Å². The molecule has 1 radical (unpaired) electrons. The minimum atomic E-state index is 0. The molecule has 0 unspecified atom stereocenters. The molecule has 0 fully saturated rings. The number of rotatable bonds is 3. The molecule has 223 valence electrons. The van der Waals surface area contributed by atoms with Gasteiger partial charge in [0.15, 0.2) is 5.65 Å². The van der Waals surface area contributed by atoms with Crippen LogP contribution in [-0.2, 0) is 20.1 Å². The van der Waals surface area contributed by atoms with Gasteiger partial charge in [0, 0.05) is 42.8 Å². The second kappa shape index (κ2) is 12.5. The van der Waals surface area contributed by atoms with E-state index in [1.165, 1.54) is 0 Å². The number of fused-ring (bicyclic) bond motifs is 5. The third-order valence-corrected chi connectivity index (χ3v) is 7.89. The topological polar surface area (TPSA) is 56.7 Å². The van der Waals surface area contributed by atoms with E-state index in [0.29, 0.717) is 5.65 Å². The quantitative estimate of drug-likeness (QED) is 0.168. The van der Waals surface area contributed by atoms with Crippen LogP contribution in [0.3, 0.4) is 0 Å². The largest absolute Gasteiger partial charge is 0.501 e. The molecular weight excluding hydrogens is 745 g/mol. The summed E-state index contributed by atoms with van der Waals surface area (Å²) in [6.45, 7) is 2.10. The molecule has 0 saturated heterocycles. The Bertz CT molecular complexity index is 2400. The molecule has 46 heavy (non-hydrogen) atoms. The first-order valence-electron chi connectivity index (χ1n) is 14.8. The van der Waals surface area contributed by atoms with Gasteiger partial charge in [0.05, 0.1) is 22.4 Å². The molecule has 0 aliphatic carbocycles. The van der Waals surface area contributed by atoms with Crippen molar-refractivity contribution in [2.24, 2.45) is 0 Å². The molecule has 0 amide bonds.